The zero-order valence-electron chi connectivity index (χ0n) is 19.7. The van der Waals surface area contributed by atoms with Gasteiger partial charge in [0.25, 0.3) is 0 Å². The van der Waals surface area contributed by atoms with Crippen LogP contribution in [-0.4, -0.2) is 47.1 Å². The first-order chi connectivity index (χ1) is 14.3. The van der Waals surface area contributed by atoms with Crippen molar-refractivity contribution in [3.63, 3.8) is 0 Å². The Bertz CT molecular complexity index is 798. The number of rotatable bonds is 8. The number of aliphatic hydroxyl groups excluding tert-OH is 3. The average Bonchev–Trinajstić information content (AvgIpc) is 2.67. The van der Waals surface area contributed by atoms with Crippen LogP contribution in [0.4, 0.5) is 0 Å². The van der Waals surface area contributed by atoms with Crippen molar-refractivity contribution in [2.75, 3.05) is 0 Å². The van der Waals surface area contributed by atoms with Gasteiger partial charge in [-0.3, -0.25) is 4.79 Å². The third-order valence-electron chi connectivity index (χ3n) is 6.17. The Morgan fingerprint density at radius 2 is 1.19 bits per heavy atom. The van der Waals surface area contributed by atoms with Crippen LogP contribution < -0.4 is 10.4 Å². The molecule has 0 fully saturated rings. The van der Waals surface area contributed by atoms with Gasteiger partial charge in [0.05, 0.1) is 11.8 Å². The van der Waals surface area contributed by atoms with Crippen LogP contribution in [0.25, 0.3) is 0 Å². The van der Waals surface area contributed by atoms with Gasteiger partial charge in [-0.05, 0) is 11.5 Å². The van der Waals surface area contributed by atoms with Crippen molar-refractivity contribution >= 4 is 24.2 Å². The summed E-state index contributed by atoms with van der Waals surface area (Å²) in [6.07, 6.45) is -2.22. The molecule has 2 rings (SSSR count). The Morgan fingerprint density at radius 1 is 0.774 bits per heavy atom. The van der Waals surface area contributed by atoms with Crippen molar-refractivity contribution < 1.29 is 20.1 Å². The van der Waals surface area contributed by atoms with Crippen molar-refractivity contribution in [2.45, 2.75) is 77.4 Å². The molecule has 3 N–H and O–H groups in total. The second kappa shape index (κ2) is 9.78. The molecule has 3 unspecified atom stereocenters. The van der Waals surface area contributed by atoms with E-state index in [9.17, 15) is 20.1 Å². The van der Waals surface area contributed by atoms with E-state index in [1.165, 1.54) is 0 Å². The van der Waals surface area contributed by atoms with Gasteiger partial charge < -0.3 is 15.3 Å². The fraction of sp³-hybridized carbons (Fsp3) is 0.500. The van der Waals surface area contributed by atoms with E-state index in [4.69, 9.17) is 0 Å². The monoisotopic (exact) mass is 442 g/mol. The Morgan fingerprint density at radius 3 is 1.55 bits per heavy atom. The largest absolute Gasteiger partial charge is 0.396 e. The molecule has 31 heavy (non-hydrogen) atoms. The van der Waals surface area contributed by atoms with E-state index in [2.05, 4.69) is 45.0 Å². The first-order valence-electron chi connectivity index (χ1n) is 11.0. The van der Waals surface area contributed by atoms with Crippen LogP contribution in [0, 0.1) is 5.41 Å². The topological polar surface area (TPSA) is 77.8 Å². The zero-order chi connectivity index (χ0) is 23.4. The average molecular weight is 443 g/mol. The number of carbonyl (C=O) groups excluding carboxylic acids is 1. The highest BCUT2D eigenvalue weighted by Gasteiger charge is 2.53. The minimum atomic E-state index is -2.80. The number of carbonyl (C=O) groups is 1. The maximum absolute atomic E-state index is 12.4. The Balaban J connectivity index is 2.44. The molecular weight excluding hydrogens is 404 g/mol. The van der Waals surface area contributed by atoms with Crippen LogP contribution in [0.1, 0.15) is 54.4 Å². The molecular formula is C26H38O4Si. The lowest BCUT2D eigenvalue weighted by Crippen LogP contribution is -2.72. The third-order valence-corrected chi connectivity index (χ3v) is 12.3. The first kappa shape index (κ1) is 25.5. The highest BCUT2D eigenvalue weighted by atomic mass is 28.3. The van der Waals surface area contributed by atoms with E-state index in [0.717, 1.165) is 10.4 Å². The second-order valence-corrected chi connectivity index (χ2v) is 15.5. The molecule has 4 nitrogen and oxygen atoms in total. The van der Waals surface area contributed by atoms with Gasteiger partial charge >= 0.3 is 0 Å². The number of hydrogen-bond acceptors (Lipinski definition) is 4. The molecule has 2 aromatic carbocycles. The second-order valence-electron chi connectivity index (χ2n) is 10.6. The first-order valence-corrected chi connectivity index (χ1v) is 13.1. The number of aliphatic hydroxyl groups is 3. The summed E-state index contributed by atoms with van der Waals surface area (Å²) in [7, 11) is -2.80. The van der Waals surface area contributed by atoms with Gasteiger partial charge in [0.15, 0.2) is 13.9 Å². The molecule has 0 spiro atoms. The highest BCUT2D eigenvalue weighted by Crippen LogP contribution is 2.39. The predicted molar refractivity (Wildman–Crippen MR) is 129 cm³/mol. The lowest BCUT2D eigenvalue weighted by molar-refractivity contribution is -0.136. The predicted octanol–water partition coefficient (Wildman–Crippen LogP) is 3.07. The smallest absolute Gasteiger partial charge is 0.166 e. The molecule has 0 radical (unpaired) electrons. The summed E-state index contributed by atoms with van der Waals surface area (Å²) >= 11 is 0. The van der Waals surface area contributed by atoms with Crippen molar-refractivity contribution in [1.82, 2.24) is 0 Å². The molecule has 0 aromatic heterocycles. The van der Waals surface area contributed by atoms with Gasteiger partial charge in [-0.2, -0.15) is 0 Å². The summed E-state index contributed by atoms with van der Waals surface area (Å²) in [4.78, 5) is 12.4. The van der Waals surface area contributed by atoms with Crippen molar-refractivity contribution in [3.05, 3.63) is 60.7 Å². The minimum absolute atomic E-state index is 0.0780. The van der Waals surface area contributed by atoms with Crippen LogP contribution in [0.15, 0.2) is 60.7 Å². The molecule has 0 saturated heterocycles. The number of Topliss-reactive ketones (excluding diaryl/α,β-unsaturated/α-hetero) is 1. The zero-order valence-corrected chi connectivity index (χ0v) is 20.7. The quantitative estimate of drug-likeness (QED) is 0.549. The van der Waals surface area contributed by atoms with Crippen LogP contribution >= 0.6 is 0 Å². The Kier molecular flexibility index (Phi) is 8.03. The Hall–Kier alpha value is -1.79. The fourth-order valence-electron chi connectivity index (χ4n) is 4.71. The molecule has 0 amide bonds. The molecule has 0 saturated carbocycles. The van der Waals surface area contributed by atoms with E-state index in [1.807, 2.05) is 36.4 Å². The number of ketones is 1. The van der Waals surface area contributed by atoms with Crippen LogP contribution in [-0.2, 0) is 4.79 Å². The third kappa shape index (κ3) is 5.53. The van der Waals surface area contributed by atoms with Crippen LogP contribution in [0.3, 0.4) is 0 Å². The summed E-state index contributed by atoms with van der Waals surface area (Å²) in [5.41, 5.74) is -1.49. The van der Waals surface area contributed by atoms with Gasteiger partial charge in [-0.25, -0.2) is 0 Å². The van der Waals surface area contributed by atoms with E-state index >= 15 is 0 Å². The lowest BCUT2D eigenvalue weighted by Gasteiger charge is -2.47. The Labute approximate surface area is 188 Å². The van der Waals surface area contributed by atoms with E-state index in [1.54, 1.807) is 20.8 Å². The van der Waals surface area contributed by atoms with Crippen LogP contribution in [0.5, 0.6) is 0 Å². The van der Waals surface area contributed by atoms with Gasteiger partial charge in [0.1, 0.15) is 6.10 Å². The lowest BCUT2D eigenvalue weighted by atomic mass is 9.86. The normalized spacial score (nSPS) is 15.9. The van der Waals surface area contributed by atoms with Gasteiger partial charge in [0, 0.05) is 11.8 Å². The highest BCUT2D eigenvalue weighted by molar-refractivity contribution is 7.05. The van der Waals surface area contributed by atoms with E-state index < -0.39 is 31.4 Å². The van der Waals surface area contributed by atoms with Gasteiger partial charge in [-0.15, -0.1) is 0 Å². The van der Waals surface area contributed by atoms with Gasteiger partial charge in [-0.1, -0.05) is 113 Å². The molecule has 0 aliphatic rings. The van der Waals surface area contributed by atoms with E-state index in [-0.39, 0.29) is 23.7 Å². The number of benzene rings is 2. The number of hydrogen-bond donors (Lipinski definition) is 3. The summed E-state index contributed by atoms with van der Waals surface area (Å²) < 4.78 is 0. The van der Waals surface area contributed by atoms with Crippen molar-refractivity contribution in [1.29, 1.82) is 0 Å². The molecule has 0 aliphatic carbocycles. The standard InChI is InChI=1S/C26H38O4Si/c1-25(2,3)24(30)22(28)17-19(27)18-23(29)31(26(4,5)6,20-13-9-7-10-14-20)21-15-11-8-12-16-21/h7-16,19,22-23,27-29H,17-18H2,1-6H3. The molecule has 5 heteroatoms. The molecule has 0 heterocycles. The molecule has 0 bridgehead atoms. The summed E-state index contributed by atoms with van der Waals surface area (Å²) in [6.45, 7) is 11.7. The summed E-state index contributed by atoms with van der Waals surface area (Å²) in [6, 6.07) is 20.1. The molecule has 0 aliphatic heterocycles. The molecule has 170 valence electrons. The van der Waals surface area contributed by atoms with E-state index in [0.29, 0.717) is 0 Å². The fourth-order valence-corrected chi connectivity index (χ4v) is 10.6. The van der Waals surface area contributed by atoms with Gasteiger partial charge in [0.2, 0.25) is 0 Å². The minimum Gasteiger partial charge on any atom is -0.396 e. The molecule has 3 atom stereocenters. The van der Waals surface area contributed by atoms with Crippen LogP contribution in [0.2, 0.25) is 5.04 Å². The summed E-state index contributed by atoms with van der Waals surface area (Å²) in [5.74, 6) is -0.300. The maximum atomic E-state index is 12.4. The van der Waals surface area contributed by atoms with Crippen molar-refractivity contribution in [2.24, 2.45) is 5.41 Å². The maximum Gasteiger partial charge on any atom is 0.166 e. The SMILES string of the molecule is CC(C)(C)C(=O)C(O)CC(O)CC(O)[Si](c1ccccc1)(c1ccccc1)C(C)(C)C. The summed E-state index contributed by atoms with van der Waals surface area (Å²) in [5, 5.41) is 34.8. The van der Waals surface area contributed by atoms with Crippen molar-refractivity contribution in [3.8, 4) is 0 Å². The molecule has 2 aromatic rings.